The van der Waals surface area contributed by atoms with Gasteiger partial charge < -0.3 is 19.9 Å². The monoisotopic (exact) mass is 444 g/mol. The van der Waals surface area contributed by atoms with Crippen molar-refractivity contribution in [1.29, 1.82) is 0 Å². The van der Waals surface area contributed by atoms with Crippen molar-refractivity contribution in [1.82, 2.24) is 20.1 Å². The van der Waals surface area contributed by atoms with Gasteiger partial charge in [-0.15, -0.1) is 11.3 Å². The number of amides is 3. The molecule has 1 N–H and O–H groups in total. The van der Waals surface area contributed by atoms with Crippen molar-refractivity contribution in [3.8, 4) is 0 Å². The summed E-state index contributed by atoms with van der Waals surface area (Å²) in [4.78, 5) is 57.9. The fourth-order valence-electron chi connectivity index (χ4n) is 3.44. The van der Waals surface area contributed by atoms with Gasteiger partial charge >= 0.3 is 5.97 Å². The summed E-state index contributed by atoms with van der Waals surface area (Å²) in [6.45, 7) is 2.04. The Morgan fingerprint density at radius 2 is 2.06 bits per heavy atom. The third-order valence-electron chi connectivity index (χ3n) is 5.09. The molecule has 1 fully saturated rings. The standard InChI is InChI=1S/C21H24N4O5S/c1-14(26)24-8-9-25(20(28)18-6-4-10-31-18)17(13-24)19(27)23-16(21(29)30-2)11-15-5-3-7-22-12-15/h3-7,10,12,16-17H,8-9,11,13H2,1-2H3,(H,23,27). The molecule has 1 saturated heterocycles. The van der Waals surface area contributed by atoms with Gasteiger partial charge in [-0.25, -0.2) is 4.79 Å². The molecule has 2 unspecified atom stereocenters. The van der Waals surface area contributed by atoms with E-state index < -0.39 is 24.0 Å². The van der Waals surface area contributed by atoms with Crippen LogP contribution in [0.3, 0.4) is 0 Å². The number of esters is 1. The van der Waals surface area contributed by atoms with Gasteiger partial charge in [0.05, 0.1) is 18.5 Å². The molecule has 9 nitrogen and oxygen atoms in total. The minimum absolute atomic E-state index is 0.0546. The second-order valence-corrected chi connectivity index (χ2v) is 8.05. The predicted octanol–water partition coefficient (Wildman–Crippen LogP) is 0.716. The van der Waals surface area contributed by atoms with E-state index in [0.717, 1.165) is 5.56 Å². The molecular formula is C21H24N4O5S. The molecule has 2 atom stereocenters. The van der Waals surface area contributed by atoms with E-state index in [1.807, 2.05) is 0 Å². The van der Waals surface area contributed by atoms with E-state index in [1.165, 1.54) is 35.2 Å². The Hall–Kier alpha value is -3.27. The van der Waals surface area contributed by atoms with E-state index in [1.54, 1.807) is 42.0 Å². The second kappa shape index (κ2) is 10.2. The second-order valence-electron chi connectivity index (χ2n) is 7.11. The van der Waals surface area contributed by atoms with Crippen molar-refractivity contribution in [3.63, 3.8) is 0 Å². The van der Waals surface area contributed by atoms with Crippen molar-refractivity contribution in [2.75, 3.05) is 26.7 Å². The van der Waals surface area contributed by atoms with E-state index in [0.29, 0.717) is 11.4 Å². The van der Waals surface area contributed by atoms with Crippen LogP contribution < -0.4 is 5.32 Å². The van der Waals surface area contributed by atoms with Gasteiger partial charge in [0.15, 0.2) is 0 Å². The summed E-state index contributed by atoms with van der Waals surface area (Å²) in [5.41, 5.74) is 0.749. The maximum atomic E-state index is 13.2. The van der Waals surface area contributed by atoms with E-state index in [2.05, 4.69) is 10.3 Å². The molecule has 10 heteroatoms. The van der Waals surface area contributed by atoms with Crippen molar-refractivity contribution < 1.29 is 23.9 Å². The van der Waals surface area contributed by atoms with Crippen LogP contribution in [0.25, 0.3) is 0 Å². The molecule has 0 aromatic carbocycles. The zero-order valence-electron chi connectivity index (χ0n) is 17.3. The smallest absolute Gasteiger partial charge is 0.328 e. The van der Waals surface area contributed by atoms with E-state index in [9.17, 15) is 19.2 Å². The van der Waals surface area contributed by atoms with E-state index in [4.69, 9.17) is 4.74 Å². The maximum Gasteiger partial charge on any atom is 0.328 e. The first-order chi connectivity index (χ1) is 14.9. The van der Waals surface area contributed by atoms with Gasteiger partial charge in [0, 0.05) is 38.8 Å². The fourth-order valence-corrected chi connectivity index (χ4v) is 4.12. The lowest BCUT2D eigenvalue weighted by molar-refractivity contribution is -0.146. The minimum Gasteiger partial charge on any atom is -0.467 e. The van der Waals surface area contributed by atoms with Crippen LogP contribution in [-0.2, 0) is 25.5 Å². The minimum atomic E-state index is -0.951. The average Bonchev–Trinajstić information content (AvgIpc) is 3.32. The number of carbonyl (C=O) groups excluding carboxylic acids is 4. The molecule has 2 aromatic rings. The van der Waals surface area contributed by atoms with Gasteiger partial charge in [0.25, 0.3) is 5.91 Å². The molecule has 31 heavy (non-hydrogen) atoms. The number of methoxy groups -OCH3 is 1. The summed E-state index contributed by atoms with van der Waals surface area (Å²) in [5.74, 6) is -1.58. The summed E-state index contributed by atoms with van der Waals surface area (Å²) in [6, 6.07) is 5.11. The molecule has 0 radical (unpaired) electrons. The predicted molar refractivity (Wildman–Crippen MR) is 113 cm³/mol. The van der Waals surface area contributed by atoms with Gasteiger partial charge in [-0.1, -0.05) is 12.1 Å². The summed E-state index contributed by atoms with van der Waals surface area (Å²) < 4.78 is 4.85. The summed E-state index contributed by atoms with van der Waals surface area (Å²) >= 11 is 1.29. The van der Waals surface area contributed by atoms with Gasteiger partial charge in [-0.05, 0) is 23.1 Å². The van der Waals surface area contributed by atoms with Crippen LogP contribution in [0, 0.1) is 0 Å². The number of thiophene rings is 1. The number of nitrogens with zero attached hydrogens (tertiary/aromatic N) is 3. The van der Waals surface area contributed by atoms with Crippen LogP contribution in [0.15, 0.2) is 42.0 Å². The number of rotatable bonds is 6. The largest absolute Gasteiger partial charge is 0.467 e. The number of aromatic nitrogens is 1. The summed E-state index contributed by atoms with van der Waals surface area (Å²) in [5, 5.41) is 4.49. The Morgan fingerprint density at radius 1 is 1.26 bits per heavy atom. The topological polar surface area (TPSA) is 109 Å². The van der Waals surface area contributed by atoms with Crippen molar-refractivity contribution >= 4 is 35.0 Å². The van der Waals surface area contributed by atoms with Gasteiger partial charge in [-0.3, -0.25) is 19.4 Å². The summed E-state index contributed by atoms with van der Waals surface area (Å²) in [6.07, 6.45) is 3.41. The highest BCUT2D eigenvalue weighted by Gasteiger charge is 2.38. The normalized spacial score (nSPS) is 17.0. The zero-order valence-corrected chi connectivity index (χ0v) is 18.1. The molecule has 3 amide bonds. The molecule has 2 aromatic heterocycles. The summed E-state index contributed by atoms with van der Waals surface area (Å²) in [7, 11) is 1.25. The number of piperazine rings is 1. The molecular weight excluding hydrogens is 420 g/mol. The molecule has 0 aliphatic carbocycles. The molecule has 3 rings (SSSR count). The lowest BCUT2D eigenvalue weighted by Crippen LogP contribution is -2.62. The lowest BCUT2D eigenvalue weighted by atomic mass is 10.1. The van der Waals surface area contributed by atoms with Gasteiger partial charge in [0.2, 0.25) is 11.8 Å². The van der Waals surface area contributed by atoms with Crippen LogP contribution in [0.4, 0.5) is 0 Å². The van der Waals surface area contributed by atoms with Gasteiger partial charge in [-0.2, -0.15) is 0 Å². The molecule has 1 aliphatic heterocycles. The van der Waals surface area contributed by atoms with Crippen molar-refractivity contribution in [3.05, 3.63) is 52.5 Å². The van der Waals surface area contributed by atoms with Crippen molar-refractivity contribution in [2.45, 2.75) is 25.4 Å². The highest BCUT2D eigenvalue weighted by atomic mass is 32.1. The Kier molecular flexibility index (Phi) is 7.35. The molecule has 3 heterocycles. The Morgan fingerprint density at radius 3 is 2.68 bits per heavy atom. The third kappa shape index (κ3) is 5.46. The molecule has 1 aliphatic rings. The van der Waals surface area contributed by atoms with Crippen molar-refractivity contribution in [2.24, 2.45) is 0 Å². The first-order valence-electron chi connectivity index (χ1n) is 9.77. The fraction of sp³-hybridized carbons (Fsp3) is 0.381. The molecule has 164 valence electrons. The number of nitrogens with one attached hydrogen (secondary N) is 1. The highest BCUT2D eigenvalue weighted by molar-refractivity contribution is 7.12. The van der Waals surface area contributed by atoms with Crippen LogP contribution in [-0.4, -0.2) is 77.3 Å². The number of pyridine rings is 1. The zero-order chi connectivity index (χ0) is 22.4. The maximum absolute atomic E-state index is 13.2. The van der Waals surface area contributed by atoms with Crippen LogP contribution in [0.1, 0.15) is 22.2 Å². The first kappa shape index (κ1) is 22.4. The third-order valence-corrected chi connectivity index (χ3v) is 5.94. The quantitative estimate of drug-likeness (QED) is 0.658. The van der Waals surface area contributed by atoms with E-state index >= 15 is 0 Å². The molecule has 0 spiro atoms. The first-order valence-corrected chi connectivity index (χ1v) is 10.7. The Labute approximate surface area is 184 Å². The average molecular weight is 445 g/mol. The number of carbonyl (C=O) groups is 4. The number of hydrogen-bond donors (Lipinski definition) is 1. The molecule has 0 saturated carbocycles. The highest BCUT2D eigenvalue weighted by Crippen LogP contribution is 2.18. The van der Waals surface area contributed by atoms with Crippen LogP contribution in [0.5, 0.6) is 0 Å². The van der Waals surface area contributed by atoms with Crippen LogP contribution in [0.2, 0.25) is 0 Å². The lowest BCUT2D eigenvalue weighted by Gasteiger charge is -2.40. The van der Waals surface area contributed by atoms with E-state index in [-0.39, 0.29) is 31.3 Å². The Bertz CT molecular complexity index is 935. The molecule has 0 bridgehead atoms. The number of ether oxygens (including phenoxy) is 1. The Balaban J connectivity index is 1.81. The van der Waals surface area contributed by atoms with Gasteiger partial charge in [0.1, 0.15) is 12.1 Å². The number of hydrogen-bond acceptors (Lipinski definition) is 7. The van der Waals surface area contributed by atoms with Crippen LogP contribution >= 0.6 is 11.3 Å². The SMILES string of the molecule is COC(=O)C(Cc1cccnc1)NC(=O)C1CN(C(C)=O)CCN1C(=O)c1cccs1.